The van der Waals surface area contributed by atoms with Crippen LogP contribution in [0.15, 0.2) is 60.7 Å². The Hall–Kier alpha value is -4.30. The first-order chi connectivity index (χ1) is 20.2. The van der Waals surface area contributed by atoms with Crippen LogP contribution in [-0.4, -0.2) is 39.9 Å². The Morgan fingerprint density at radius 3 is 2.31 bits per heavy atom. The van der Waals surface area contributed by atoms with Gasteiger partial charge in [-0.15, -0.1) is 0 Å². The van der Waals surface area contributed by atoms with E-state index in [1.54, 1.807) is 23.6 Å². The third-order valence-electron chi connectivity index (χ3n) is 6.92. The minimum Gasteiger partial charge on any atom is -0.494 e. The molecule has 0 saturated heterocycles. The molecule has 0 radical (unpaired) electrons. The van der Waals surface area contributed by atoms with Crippen LogP contribution in [0.5, 0.6) is 11.5 Å². The number of carbonyl (C=O) groups is 2. The van der Waals surface area contributed by atoms with Crippen LogP contribution < -0.4 is 9.47 Å². The average molecular weight is 594 g/mol. The van der Waals surface area contributed by atoms with Crippen LogP contribution >= 0.6 is 11.6 Å². The molecular weight excluding hydrogens is 561 g/mol. The number of rotatable bonds is 15. The fraction of sp³-hybridized carbons (Fsp3) is 0.273. The number of aromatic nitrogens is 1. The summed E-state index contributed by atoms with van der Waals surface area (Å²) in [6, 6.07) is 17.9. The van der Waals surface area contributed by atoms with Crippen molar-refractivity contribution in [1.82, 2.24) is 4.57 Å². The Morgan fingerprint density at radius 1 is 0.905 bits per heavy atom. The molecule has 0 amide bonds. The summed E-state index contributed by atoms with van der Waals surface area (Å²) in [5.41, 5.74) is 3.30. The van der Waals surface area contributed by atoms with Gasteiger partial charge in [0.15, 0.2) is 0 Å². The summed E-state index contributed by atoms with van der Waals surface area (Å²) in [6.45, 7) is 2.51. The molecule has 0 fully saturated rings. The molecule has 4 rings (SSSR count). The number of unbranched alkanes of at least 4 members (excludes halogenated alkanes) is 1. The molecular formula is C33H33ClFNO6. The number of halogens is 2. The molecule has 9 heteroatoms. The van der Waals surface area contributed by atoms with Gasteiger partial charge in [0.1, 0.15) is 23.9 Å². The van der Waals surface area contributed by atoms with Crippen LogP contribution in [0.2, 0.25) is 5.02 Å². The van der Waals surface area contributed by atoms with Crippen LogP contribution in [0.3, 0.4) is 0 Å². The quantitative estimate of drug-likeness (QED) is 0.109. The van der Waals surface area contributed by atoms with Crippen LogP contribution in [0, 0.1) is 12.7 Å². The molecule has 1 aromatic heterocycles. The van der Waals surface area contributed by atoms with Crippen molar-refractivity contribution in [3.63, 3.8) is 0 Å². The minimum absolute atomic E-state index is 0.0516. The summed E-state index contributed by atoms with van der Waals surface area (Å²) in [7, 11) is 0. The number of benzene rings is 3. The molecule has 2 N–H and O–H groups in total. The summed E-state index contributed by atoms with van der Waals surface area (Å²) in [5, 5.41) is 19.5. The van der Waals surface area contributed by atoms with E-state index >= 15 is 4.39 Å². The lowest BCUT2D eigenvalue weighted by molar-refractivity contribution is -0.138. The standard InChI is InChI=1S/C33H33ClFNO6/c1-22-26(7-6-10-30(37)38)32-28(35)18-15-24(33(32)36(22)21-31(39)40)14-11-23-12-16-25(17-13-23)41-19-4-5-20-42-29-9-3-2-8-27(29)34/h2-3,8-9,11-18H,4-7,10,19-21H2,1H3,(H,37,38)(H,39,40)/b14-11+. The number of hydrogen-bond acceptors (Lipinski definition) is 4. The van der Waals surface area contributed by atoms with Gasteiger partial charge in [-0.1, -0.05) is 48.0 Å². The molecule has 4 aromatic rings. The zero-order valence-corrected chi connectivity index (χ0v) is 24.1. The second kappa shape index (κ2) is 14.5. The number of fused-ring (bicyclic) bond motifs is 1. The van der Waals surface area contributed by atoms with Crippen molar-refractivity contribution in [3.8, 4) is 11.5 Å². The van der Waals surface area contributed by atoms with Gasteiger partial charge >= 0.3 is 11.9 Å². The van der Waals surface area contributed by atoms with Gasteiger partial charge in [-0.25, -0.2) is 4.39 Å². The predicted octanol–water partition coefficient (Wildman–Crippen LogP) is 7.64. The topological polar surface area (TPSA) is 98.0 Å². The van der Waals surface area contributed by atoms with Gasteiger partial charge in [0.2, 0.25) is 0 Å². The van der Waals surface area contributed by atoms with Crippen molar-refractivity contribution >= 4 is 46.6 Å². The molecule has 1 heterocycles. The van der Waals surface area contributed by atoms with Gasteiger partial charge < -0.3 is 24.3 Å². The molecule has 0 bridgehead atoms. The second-order valence-corrected chi connectivity index (χ2v) is 10.3. The summed E-state index contributed by atoms with van der Waals surface area (Å²) < 4.78 is 28.2. The highest BCUT2D eigenvalue weighted by molar-refractivity contribution is 6.32. The molecule has 0 spiro atoms. The number of carboxylic acids is 2. The van der Waals surface area contributed by atoms with Gasteiger partial charge in [-0.05, 0) is 85.7 Å². The van der Waals surface area contributed by atoms with Crippen LogP contribution in [-0.2, 0) is 22.6 Å². The summed E-state index contributed by atoms with van der Waals surface area (Å²) >= 11 is 6.10. The lowest BCUT2D eigenvalue weighted by Crippen LogP contribution is -2.10. The van der Waals surface area contributed by atoms with Crippen molar-refractivity contribution in [2.24, 2.45) is 0 Å². The maximum absolute atomic E-state index is 15.1. The lowest BCUT2D eigenvalue weighted by atomic mass is 10.0. The molecule has 3 aromatic carbocycles. The Kier molecular flexibility index (Phi) is 10.6. The first-order valence-electron chi connectivity index (χ1n) is 13.8. The van der Waals surface area contributed by atoms with E-state index in [0.717, 1.165) is 24.2 Å². The molecule has 0 atom stereocenters. The Morgan fingerprint density at radius 2 is 1.62 bits per heavy atom. The summed E-state index contributed by atoms with van der Waals surface area (Å²) in [5.74, 6) is -1.03. The van der Waals surface area contributed by atoms with Crippen LogP contribution in [0.25, 0.3) is 23.1 Å². The van der Waals surface area contributed by atoms with E-state index in [9.17, 15) is 14.7 Å². The Labute approximate surface area is 248 Å². The van der Waals surface area contributed by atoms with Gasteiger partial charge in [0.25, 0.3) is 0 Å². The first-order valence-corrected chi connectivity index (χ1v) is 14.1. The number of hydrogen-bond donors (Lipinski definition) is 2. The Balaban J connectivity index is 1.42. The van der Waals surface area contributed by atoms with E-state index in [0.29, 0.717) is 64.6 Å². The normalized spacial score (nSPS) is 11.3. The number of ether oxygens (including phenoxy) is 2. The molecule has 0 saturated carbocycles. The highest BCUT2D eigenvalue weighted by Crippen LogP contribution is 2.33. The molecule has 0 unspecified atom stereocenters. The van der Waals surface area contributed by atoms with Crippen molar-refractivity contribution in [3.05, 3.63) is 93.9 Å². The number of para-hydroxylation sites is 1. The molecule has 220 valence electrons. The smallest absolute Gasteiger partial charge is 0.323 e. The largest absolute Gasteiger partial charge is 0.494 e. The SMILES string of the molecule is Cc1c(CCCC(=O)O)c2c(F)ccc(/C=C/c3ccc(OCCCCOc4ccccc4Cl)cc3)c2n1CC(=O)O. The zero-order chi connectivity index (χ0) is 30.1. The van der Waals surface area contributed by atoms with Crippen LogP contribution in [0.4, 0.5) is 4.39 Å². The van der Waals surface area contributed by atoms with Crippen molar-refractivity contribution < 1.29 is 33.7 Å². The molecule has 0 aliphatic carbocycles. The average Bonchev–Trinajstić information content (AvgIpc) is 3.23. The van der Waals surface area contributed by atoms with Crippen molar-refractivity contribution in [2.45, 2.75) is 45.6 Å². The number of aryl methyl sites for hydroxylation is 1. The minimum atomic E-state index is -1.05. The Bertz CT molecular complexity index is 1580. The van der Waals surface area contributed by atoms with Gasteiger partial charge in [-0.2, -0.15) is 0 Å². The fourth-order valence-corrected chi connectivity index (χ4v) is 5.05. The highest BCUT2D eigenvalue weighted by Gasteiger charge is 2.21. The monoisotopic (exact) mass is 593 g/mol. The van der Waals surface area contributed by atoms with E-state index < -0.39 is 17.8 Å². The summed E-state index contributed by atoms with van der Waals surface area (Å²) in [6.07, 6.45) is 5.95. The lowest BCUT2D eigenvalue weighted by Gasteiger charge is -2.09. The fourth-order valence-electron chi connectivity index (χ4n) is 4.86. The van der Waals surface area contributed by atoms with Gasteiger partial charge in [0, 0.05) is 17.5 Å². The maximum atomic E-state index is 15.1. The first kappa shape index (κ1) is 30.7. The molecule has 0 aliphatic heterocycles. The molecule has 7 nitrogen and oxygen atoms in total. The van der Waals surface area contributed by atoms with E-state index in [1.165, 1.54) is 6.07 Å². The highest BCUT2D eigenvalue weighted by atomic mass is 35.5. The van der Waals surface area contributed by atoms with Crippen molar-refractivity contribution in [2.75, 3.05) is 13.2 Å². The number of nitrogens with zero attached hydrogens (tertiary/aromatic N) is 1. The molecule has 42 heavy (non-hydrogen) atoms. The van der Waals surface area contributed by atoms with E-state index in [2.05, 4.69) is 0 Å². The van der Waals surface area contributed by atoms with E-state index in [1.807, 2.05) is 54.6 Å². The van der Waals surface area contributed by atoms with Crippen molar-refractivity contribution in [1.29, 1.82) is 0 Å². The van der Waals surface area contributed by atoms with E-state index in [-0.39, 0.29) is 13.0 Å². The van der Waals surface area contributed by atoms with Gasteiger partial charge in [-0.3, -0.25) is 9.59 Å². The molecule has 0 aliphatic rings. The zero-order valence-electron chi connectivity index (χ0n) is 23.3. The van der Waals surface area contributed by atoms with Gasteiger partial charge in [0.05, 0.1) is 23.8 Å². The number of aliphatic carboxylic acids is 2. The number of carboxylic acid groups (broad SMARTS) is 2. The maximum Gasteiger partial charge on any atom is 0.323 e. The van der Waals surface area contributed by atoms with Crippen LogP contribution in [0.1, 0.15) is 48.1 Å². The summed E-state index contributed by atoms with van der Waals surface area (Å²) in [4.78, 5) is 22.7. The third-order valence-corrected chi connectivity index (χ3v) is 7.23. The predicted molar refractivity (Wildman–Crippen MR) is 162 cm³/mol. The second-order valence-electron chi connectivity index (χ2n) is 9.89. The third kappa shape index (κ3) is 7.91. The van der Waals surface area contributed by atoms with E-state index in [4.69, 9.17) is 26.2 Å².